The molecule has 116 valence electrons. The number of halogens is 1. The fourth-order valence-corrected chi connectivity index (χ4v) is 2.59. The van der Waals surface area contributed by atoms with Crippen LogP contribution in [0.3, 0.4) is 0 Å². The lowest BCUT2D eigenvalue weighted by Gasteiger charge is -2.20. The first-order valence-corrected chi connectivity index (χ1v) is 7.05. The van der Waals surface area contributed by atoms with Crippen LogP contribution in [0.5, 0.6) is 5.75 Å². The number of nitrogens with one attached hydrogen (secondary N) is 2. The summed E-state index contributed by atoms with van der Waals surface area (Å²) in [7, 11) is 1.61. The highest BCUT2D eigenvalue weighted by molar-refractivity contribution is 6.04. The van der Waals surface area contributed by atoms with Gasteiger partial charge in [0.05, 0.1) is 7.11 Å². The first kappa shape index (κ1) is 16.3. The Morgan fingerprint density at radius 3 is 2.68 bits per heavy atom. The Hall–Kier alpha value is -2.04. The summed E-state index contributed by atoms with van der Waals surface area (Å²) in [5.74, 6) is 0.652. The quantitative estimate of drug-likeness (QED) is 0.914. The van der Waals surface area contributed by atoms with Gasteiger partial charge in [-0.25, -0.2) is 0 Å². The standard InChI is InChI=1S/C17H18N2O2.ClH/c1-21-14-7-5-12(6-8-14)17(20)19-16-4-2-3-13-11-18-10-9-15(13)16;/h2-8,18H,9-11H2,1H3,(H,19,20);1H. The first-order valence-electron chi connectivity index (χ1n) is 7.05. The number of amides is 1. The van der Waals surface area contributed by atoms with E-state index in [4.69, 9.17) is 4.74 Å². The smallest absolute Gasteiger partial charge is 0.255 e. The molecule has 2 aromatic carbocycles. The summed E-state index contributed by atoms with van der Waals surface area (Å²) in [6.07, 6.45) is 0.939. The SMILES string of the molecule is COc1ccc(C(=O)Nc2cccc3c2CCNC3)cc1.Cl. The van der Waals surface area contributed by atoms with E-state index in [9.17, 15) is 4.79 Å². The van der Waals surface area contributed by atoms with Gasteiger partial charge >= 0.3 is 0 Å². The van der Waals surface area contributed by atoms with E-state index in [1.165, 1.54) is 11.1 Å². The molecule has 1 heterocycles. The highest BCUT2D eigenvalue weighted by Gasteiger charge is 2.14. The van der Waals surface area contributed by atoms with Crippen LogP contribution >= 0.6 is 12.4 Å². The molecule has 0 saturated heterocycles. The fourth-order valence-electron chi connectivity index (χ4n) is 2.59. The summed E-state index contributed by atoms with van der Waals surface area (Å²) in [5.41, 5.74) is 4.03. The van der Waals surface area contributed by atoms with Gasteiger partial charge < -0.3 is 15.4 Å². The summed E-state index contributed by atoms with van der Waals surface area (Å²) in [5, 5.41) is 6.36. The molecule has 0 aromatic heterocycles. The van der Waals surface area contributed by atoms with E-state index in [1.54, 1.807) is 31.4 Å². The van der Waals surface area contributed by atoms with Gasteiger partial charge in [0, 0.05) is 17.8 Å². The average molecular weight is 319 g/mol. The van der Waals surface area contributed by atoms with Gasteiger partial charge in [0.25, 0.3) is 5.91 Å². The van der Waals surface area contributed by atoms with Crippen molar-refractivity contribution in [2.24, 2.45) is 0 Å². The molecule has 22 heavy (non-hydrogen) atoms. The van der Waals surface area contributed by atoms with Crippen LogP contribution in [0.25, 0.3) is 0 Å². The zero-order valence-corrected chi connectivity index (χ0v) is 13.2. The van der Waals surface area contributed by atoms with Gasteiger partial charge in [-0.1, -0.05) is 12.1 Å². The molecule has 0 bridgehead atoms. The zero-order chi connectivity index (χ0) is 14.7. The van der Waals surface area contributed by atoms with Gasteiger partial charge in [-0.2, -0.15) is 0 Å². The van der Waals surface area contributed by atoms with Crippen LogP contribution in [-0.2, 0) is 13.0 Å². The van der Waals surface area contributed by atoms with Gasteiger partial charge in [0.15, 0.2) is 0 Å². The number of hydrogen-bond donors (Lipinski definition) is 2. The molecule has 0 atom stereocenters. The molecule has 0 saturated carbocycles. The maximum atomic E-state index is 12.3. The van der Waals surface area contributed by atoms with Crippen molar-refractivity contribution in [2.75, 3.05) is 19.0 Å². The van der Waals surface area contributed by atoms with Crippen LogP contribution in [0.1, 0.15) is 21.5 Å². The number of methoxy groups -OCH3 is 1. The van der Waals surface area contributed by atoms with E-state index in [1.807, 2.05) is 12.1 Å². The molecule has 2 aromatic rings. The molecular formula is C17H19ClN2O2. The summed E-state index contributed by atoms with van der Waals surface area (Å²) in [4.78, 5) is 12.3. The van der Waals surface area contributed by atoms with Crippen molar-refractivity contribution in [3.05, 3.63) is 59.2 Å². The lowest BCUT2D eigenvalue weighted by Crippen LogP contribution is -2.25. The van der Waals surface area contributed by atoms with Crippen molar-refractivity contribution in [2.45, 2.75) is 13.0 Å². The van der Waals surface area contributed by atoms with E-state index in [0.717, 1.165) is 30.9 Å². The molecule has 3 rings (SSSR count). The minimum absolute atomic E-state index is 0. The first-order chi connectivity index (χ1) is 10.3. The Morgan fingerprint density at radius 2 is 1.95 bits per heavy atom. The van der Waals surface area contributed by atoms with Gasteiger partial charge in [-0.15, -0.1) is 12.4 Å². The highest BCUT2D eigenvalue weighted by Crippen LogP contribution is 2.23. The molecule has 1 amide bonds. The summed E-state index contributed by atoms with van der Waals surface area (Å²) in [6, 6.07) is 13.2. The van der Waals surface area contributed by atoms with Gasteiger partial charge in [0.1, 0.15) is 5.75 Å². The van der Waals surface area contributed by atoms with Crippen LogP contribution in [0.4, 0.5) is 5.69 Å². The van der Waals surface area contributed by atoms with Crippen molar-refractivity contribution in [1.29, 1.82) is 0 Å². The highest BCUT2D eigenvalue weighted by atomic mass is 35.5. The van der Waals surface area contributed by atoms with Crippen LogP contribution in [0.2, 0.25) is 0 Å². The minimum atomic E-state index is -0.0930. The van der Waals surface area contributed by atoms with E-state index in [-0.39, 0.29) is 18.3 Å². The lowest BCUT2D eigenvalue weighted by molar-refractivity contribution is 0.102. The number of fused-ring (bicyclic) bond motifs is 1. The number of carbonyl (C=O) groups is 1. The second-order valence-corrected chi connectivity index (χ2v) is 5.05. The molecule has 4 nitrogen and oxygen atoms in total. The molecule has 0 unspecified atom stereocenters. The molecule has 1 aliphatic heterocycles. The van der Waals surface area contributed by atoms with Gasteiger partial charge in [-0.3, -0.25) is 4.79 Å². The second kappa shape index (κ2) is 7.29. The summed E-state index contributed by atoms with van der Waals surface area (Å²) >= 11 is 0. The molecule has 0 fully saturated rings. The Labute approximate surface area is 136 Å². The maximum Gasteiger partial charge on any atom is 0.255 e. The Morgan fingerprint density at radius 1 is 1.18 bits per heavy atom. The summed E-state index contributed by atoms with van der Waals surface area (Å²) < 4.78 is 5.10. The third kappa shape index (κ3) is 3.40. The number of anilines is 1. The number of carbonyl (C=O) groups excluding carboxylic acids is 1. The van der Waals surface area contributed by atoms with Crippen LogP contribution in [-0.4, -0.2) is 19.6 Å². The van der Waals surface area contributed by atoms with Crippen molar-refractivity contribution in [3.63, 3.8) is 0 Å². The maximum absolute atomic E-state index is 12.3. The molecule has 5 heteroatoms. The normalized spacial score (nSPS) is 12.8. The van der Waals surface area contributed by atoms with Crippen LogP contribution in [0.15, 0.2) is 42.5 Å². The number of rotatable bonds is 3. The average Bonchev–Trinajstić information content (AvgIpc) is 2.55. The van der Waals surface area contributed by atoms with E-state index in [0.29, 0.717) is 5.56 Å². The molecule has 2 N–H and O–H groups in total. The van der Waals surface area contributed by atoms with Crippen LogP contribution < -0.4 is 15.4 Å². The van der Waals surface area contributed by atoms with E-state index >= 15 is 0 Å². The molecule has 0 aliphatic carbocycles. The Bertz CT molecular complexity index is 656. The molecule has 1 aliphatic rings. The van der Waals surface area contributed by atoms with Gasteiger partial charge in [-0.05, 0) is 54.4 Å². The van der Waals surface area contributed by atoms with Gasteiger partial charge in [0.2, 0.25) is 0 Å². The number of ether oxygens (including phenoxy) is 1. The molecule has 0 radical (unpaired) electrons. The van der Waals surface area contributed by atoms with Crippen molar-refractivity contribution in [1.82, 2.24) is 5.32 Å². The predicted molar refractivity (Wildman–Crippen MR) is 90.0 cm³/mol. The van der Waals surface area contributed by atoms with Crippen molar-refractivity contribution < 1.29 is 9.53 Å². The second-order valence-electron chi connectivity index (χ2n) is 5.05. The Balaban J connectivity index is 0.00000176. The minimum Gasteiger partial charge on any atom is -0.497 e. The lowest BCUT2D eigenvalue weighted by atomic mass is 9.99. The third-order valence-electron chi connectivity index (χ3n) is 3.74. The van der Waals surface area contributed by atoms with Crippen molar-refractivity contribution in [3.8, 4) is 5.75 Å². The van der Waals surface area contributed by atoms with E-state index in [2.05, 4.69) is 16.7 Å². The molecular weight excluding hydrogens is 300 g/mol. The van der Waals surface area contributed by atoms with Crippen molar-refractivity contribution >= 4 is 24.0 Å². The Kier molecular flexibility index (Phi) is 5.41. The molecule has 0 spiro atoms. The monoisotopic (exact) mass is 318 g/mol. The predicted octanol–water partition coefficient (Wildman–Crippen LogP) is 3.02. The zero-order valence-electron chi connectivity index (χ0n) is 12.4. The number of hydrogen-bond acceptors (Lipinski definition) is 3. The summed E-state index contributed by atoms with van der Waals surface area (Å²) in [6.45, 7) is 1.81. The largest absolute Gasteiger partial charge is 0.497 e. The van der Waals surface area contributed by atoms with Crippen LogP contribution in [0, 0.1) is 0 Å². The van der Waals surface area contributed by atoms with E-state index < -0.39 is 0 Å². The third-order valence-corrected chi connectivity index (χ3v) is 3.74. The topological polar surface area (TPSA) is 50.4 Å². The number of benzene rings is 2. The fraction of sp³-hybridized carbons (Fsp3) is 0.235.